The zero-order valence-electron chi connectivity index (χ0n) is 12.6. The molecule has 21 heavy (non-hydrogen) atoms. The molecule has 2 N–H and O–H groups in total. The lowest BCUT2D eigenvalue weighted by atomic mass is 10.0. The van der Waals surface area contributed by atoms with Gasteiger partial charge in [-0.25, -0.2) is 0 Å². The quantitative estimate of drug-likeness (QED) is 0.820. The molecule has 0 saturated heterocycles. The largest absolute Gasteiger partial charge is 0.494 e. The first-order chi connectivity index (χ1) is 10.2. The van der Waals surface area contributed by atoms with E-state index in [2.05, 4.69) is 5.32 Å². The summed E-state index contributed by atoms with van der Waals surface area (Å²) >= 11 is 0. The van der Waals surface area contributed by atoms with Crippen LogP contribution in [-0.2, 0) is 6.54 Å². The Labute approximate surface area is 126 Å². The van der Waals surface area contributed by atoms with Crippen LogP contribution in [0.5, 0.6) is 5.75 Å². The standard InChI is InChI=1S/C18H23NO2/c1-3-21-17-11-9-15(10-12-17)13-19-14(2)18(20)16-7-5-4-6-8-16/h4-12,14,18-20H,3,13H2,1-2H3. The lowest BCUT2D eigenvalue weighted by Gasteiger charge is -2.20. The van der Waals surface area contributed by atoms with Gasteiger partial charge in [-0.1, -0.05) is 42.5 Å². The van der Waals surface area contributed by atoms with E-state index >= 15 is 0 Å². The second-order valence-corrected chi connectivity index (χ2v) is 5.10. The molecule has 3 nitrogen and oxygen atoms in total. The van der Waals surface area contributed by atoms with E-state index in [9.17, 15) is 5.11 Å². The second kappa shape index (κ2) is 7.81. The number of benzene rings is 2. The summed E-state index contributed by atoms with van der Waals surface area (Å²) in [7, 11) is 0. The molecular weight excluding hydrogens is 262 g/mol. The molecule has 0 aliphatic rings. The van der Waals surface area contributed by atoms with Gasteiger partial charge in [0.05, 0.1) is 12.7 Å². The Morgan fingerprint density at radius 1 is 1.05 bits per heavy atom. The Morgan fingerprint density at radius 3 is 2.33 bits per heavy atom. The number of hydrogen-bond donors (Lipinski definition) is 2. The van der Waals surface area contributed by atoms with Crippen LogP contribution in [0.25, 0.3) is 0 Å². The third-order valence-corrected chi connectivity index (χ3v) is 3.48. The minimum atomic E-state index is -0.506. The van der Waals surface area contributed by atoms with Crippen molar-refractivity contribution in [3.63, 3.8) is 0 Å². The number of hydrogen-bond acceptors (Lipinski definition) is 3. The Bertz CT molecular complexity index is 525. The minimum Gasteiger partial charge on any atom is -0.494 e. The predicted octanol–water partition coefficient (Wildman–Crippen LogP) is 3.30. The highest BCUT2D eigenvalue weighted by molar-refractivity contribution is 5.27. The van der Waals surface area contributed by atoms with E-state index in [1.807, 2.05) is 68.4 Å². The Morgan fingerprint density at radius 2 is 1.71 bits per heavy atom. The maximum absolute atomic E-state index is 10.3. The van der Waals surface area contributed by atoms with Crippen LogP contribution < -0.4 is 10.1 Å². The Hall–Kier alpha value is -1.84. The molecule has 0 amide bonds. The molecule has 2 atom stereocenters. The van der Waals surface area contributed by atoms with Gasteiger partial charge in [-0.2, -0.15) is 0 Å². The molecule has 0 radical (unpaired) electrons. The summed E-state index contributed by atoms with van der Waals surface area (Å²) in [5, 5.41) is 13.7. The van der Waals surface area contributed by atoms with Gasteiger partial charge in [0.15, 0.2) is 0 Å². The van der Waals surface area contributed by atoms with Crippen LogP contribution in [0, 0.1) is 0 Å². The van der Waals surface area contributed by atoms with Gasteiger partial charge in [-0.05, 0) is 37.1 Å². The highest BCUT2D eigenvalue weighted by atomic mass is 16.5. The van der Waals surface area contributed by atoms with Crippen LogP contribution in [0.3, 0.4) is 0 Å². The molecule has 0 aromatic heterocycles. The van der Waals surface area contributed by atoms with E-state index in [1.54, 1.807) is 0 Å². The van der Waals surface area contributed by atoms with Crippen molar-refractivity contribution >= 4 is 0 Å². The van der Waals surface area contributed by atoms with Crippen LogP contribution in [0.4, 0.5) is 0 Å². The monoisotopic (exact) mass is 285 g/mol. The highest BCUT2D eigenvalue weighted by Gasteiger charge is 2.15. The summed E-state index contributed by atoms with van der Waals surface area (Å²) in [6.45, 7) is 5.36. The van der Waals surface area contributed by atoms with Crippen molar-refractivity contribution in [3.8, 4) is 5.75 Å². The van der Waals surface area contributed by atoms with Crippen molar-refractivity contribution in [1.82, 2.24) is 5.32 Å². The molecule has 2 aromatic carbocycles. The average Bonchev–Trinajstić information content (AvgIpc) is 2.54. The van der Waals surface area contributed by atoms with Gasteiger partial charge in [0.2, 0.25) is 0 Å². The van der Waals surface area contributed by atoms with Gasteiger partial charge >= 0.3 is 0 Å². The molecule has 112 valence electrons. The zero-order valence-corrected chi connectivity index (χ0v) is 12.6. The summed E-state index contributed by atoms with van der Waals surface area (Å²) in [6.07, 6.45) is -0.506. The number of rotatable bonds is 7. The maximum atomic E-state index is 10.3. The first-order valence-corrected chi connectivity index (χ1v) is 7.39. The van der Waals surface area contributed by atoms with Crippen LogP contribution in [0.15, 0.2) is 54.6 Å². The number of ether oxygens (including phenoxy) is 1. The van der Waals surface area contributed by atoms with Crippen molar-refractivity contribution in [3.05, 3.63) is 65.7 Å². The molecule has 0 spiro atoms. The van der Waals surface area contributed by atoms with Gasteiger partial charge < -0.3 is 15.2 Å². The first-order valence-electron chi connectivity index (χ1n) is 7.39. The van der Waals surface area contributed by atoms with Crippen LogP contribution in [0.1, 0.15) is 31.1 Å². The van der Waals surface area contributed by atoms with Crippen molar-refractivity contribution < 1.29 is 9.84 Å². The summed E-state index contributed by atoms with van der Waals surface area (Å²) in [5.74, 6) is 0.888. The van der Waals surface area contributed by atoms with Gasteiger partial charge in [-0.3, -0.25) is 0 Å². The van der Waals surface area contributed by atoms with Gasteiger partial charge in [0.1, 0.15) is 5.75 Å². The van der Waals surface area contributed by atoms with Gasteiger partial charge in [0.25, 0.3) is 0 Å². The second-order valence-electron chi connectivity index (χ2n) is 5.10. The van der Waals surface area contributed by atoms with Crippen LogP contribution in [0.2, 0.25) is 0 Å². The summed E-state index contributed by atoms with van der Waals surface area (Å²) in [4.78, 5) is 0. The van der Waals surface area contributed by atoms with Crippen molar-refractivity contribution in [2.75, 3.05) is 6.61 Å². The number of nitrogens with one attached hydrogen (secondary N) is 1. The molecule has 0 aliphatic heterocycles. The molecule has 0 bridgehead atoms. The van der Waals surface area contributed by atoms with E-state index in [0.29, 0.717) is 6.61 Å². The molecule has 0 aliphatic carbocycles. The van der Waals surface area contributed by atoms with E-state index in [4.69, 9.17) is 4.74 Å². The molecule has 2 unspecified atom stereocenters. The normalized spacial score (nSPS) is 13.7. The summed E-state index contributed by atoms with van der Waals surface area (Å²) < 4.78 is 5.42. The van der Waals surface area contributed by atoms with Gasteiger partial charge in [0, 0.05) is 12.6 Å². The van der Waals surface area contributed by atoms with E-state index in [0.717, 1.165) is 17.9 Å². The van der Waals surface area contributed by atoms with Crippen molar-refractivity contribution in [1.29, 1.82) is 0 Å². The van der Waals surface area contributed by atoms with E-state index < -0.39 is 6.10 Å². The topological polar surface area (TPSA) is 41.5 Å². The smallest absolute Gasteiger partial charge is 0.119 e. The minimum absolute atomic E-state index is 0.0148. The predicted molar refractivity (Wildman–Crippen MR) is 85.3 cm³/mol. The maximum Gasteiger partial charge on any atom is 0.119 e. The third kappa shape index (κ3) is 4.59. The fourth-order valence-corrected chi connectivity index (χ4v) is 2.20. The molecular formula is C18H23NO2. The lowest BCUT2D eigenvalue weighted by Crippen LogP contribution is -2.31. The number of aliphatic hydroxyl groups is 1. The molecule has 2 aromatic rings. The van der Waals surface area contributed by atoms with Gasteiger partial charge in [-0.15, -0.1) is 0 Å². The lowest BCUT2D eigenvalue weighted by molar-refractivity contribution is 0.135. The van der Waals surface area contributed by atoms with Crippen molar-refractivity contribution in [2.45, 2.75) is 32.5 Å². The molecule has 0 fully saturated rings. The fourth-order valence-electron chi connectivity index (χ4n) is 2.20. The first kappa shape index (κ1) is 15.5. The van der Waals surface area contributed by atoms with Crippen molar-refractivity contribution in [2.24, 2.45) is 0 Å². The molecule has 3 heteroatoms. The van der Waals surface area contributed by atoms with Crippen LogP contribution in [-0.4, -0.2) is 17.8 Å². The summed E-state index contributed by atoms with van der Waals surface area (Å²) in [5.41, 5.74) is 2.11. The van der Waals surface area contributed by atoms with E-state index in [-0.39, 0.29) is 6.04 Å². The van der Waals surface area contributed by atoms with Crippen LogP contribution >= 0.6 is 0 Å². The molecule has 0 saturated carbocycles. The Kier molecular flexibility index (Phi) is 5.78. The fraction of sp³-hybridized carbons (Fsp3) is 0.333. The highest BCUT2D eigenvalue weighted by Crippen LogP contribution is 2.17. The number of aliphatic hydroxyl groups excluding tert-OH is 1. The zero-order chi connectivity index (χ0) is 15.1. The SMILES string of the molecule is CCOc1ccc(CNC(C)C(O)c2ccccc2)cc1. The Balaban J connectivity index is 1.87. The molecule has 0 heterocycles. The van der Waals surface area contributed by atoms with E-state index in [1.165, 1.54) is 5.56 Å². The third-order valence-electron chi connectivity index (χ3n) is 3.48. The summed E-state index contributed by atoms with van der Waals surface area (Å²) in [6, 6.07) is 17.7. The molecule has 2 rings (SSSR count). The average molecular weight is 285 g/mol.